The van der Waals surface area contributed by atoms with Crippen molar-refractivity contribution in [1.29, 1.82) is 0 Å². The fraction of sp³-hybridized carbons (Fsp3) is 0.364. The van der Waals surface area contributed by atoms with Gasteiger partial charge in [0, 0.05) is 29.3 Å². The molecule has 2 amide bonds. The number of halogens is 1. The number of thioether (sulfide) groups is 1. The van der Waals surface area contributed by atoms with Gasteiger partial charge in [-0.3, -0.25) is 9.59 Å². The summed E-state index contributed by atoms with van der Waals surface area (Å²) in [5, 5.41) is 6.45. The molecular weight excluding hydrogens is 450 g/mol. The molecule has 0 saturated carbocycles. The molecule has 1 saturated heterocycles. The van der Waals surface area contributed by atoms with Gasteiger partial charge >= 0.3 is 0 Å². The number of carbonyl (C=O) groups is 2. The van der Waals surface area contributed by atoms with E-state index in [1.54, 1.807) is 17.8 Å². The van der Waals surface area contributed by atoms with Crippen molar-refractivity contribution in [3.63, 3.8) is 0 Å². The average Bonchev–Trinajstić information content (AvgIpc) is 3.20. The molecule has 3 rings (SSSR count). The Morgan fingerprint density at radius 3 is 2.62 bits per heavy atom. The molecule has 1 fully saturated rings. The third-order valence-electron chi connectivity index (χ3n) is 4.98. The van der Waals surface area contributed by atoms with Gasteiger partial charge in [-0.05, 0) is 65.0 Å². The monoisotopic (exact) mass is 475 g/mol. The SMILES string of the molecule is CSCCC(NC(=O)c1ccccc1Br)C(=O)N1CCC(Nc2ccccc2)C1. The second kappa shape index (κ2) is 10.7. The van der Waals surface area contributed by atoms with Crippen LogP contribution < -0.4 is 10.6 Å². The highest BCUT2D eigenvalue weighted by Crippen LogP contribution is 2.19. The van der Waals surface area contributed by atoms with E-state index in [9.17, 15) is 9.59 Å². The first-order valence-corrected chi connectivity index (χ1v) is 11.9. The highest BCUT2D eigenvalue weighted by molar-refractivity contribution is 9.10. The smallest absolute Gasteiger partial charge is 0.253 e. The van der Waals surface area contributed by atoms with Crippen molar-refractivity contribution in [2.75, 3.05) is 30.4 Å². The number of carbonyl (C=O) groups excluding carboxylic acids is 2. The summed E-state index contributed by atoms with van der Waals surface area (Å²) in [6, 6.07) is 17.0. The van der Waals surface area contributed by atoms with Gasteiger partial charge in [0.25, 0.3) is 5.91 Å². The molecule has 0 radical (unpaired) electrons. The third kappa shape index (κ3) is 6.00. The highest BCUT2D eigenvalue weighted by Gasteiger charge is 2.31. The first-order chi connectivity index (χ1) is 14.1. The summed E-state index contributed by atoms with van der Waals surface area (Å²) in [7, 11) is 0. The van der Waals surface area contributed by atoms with Crippen molar-refractivity contribution in [3.05, 3.63) is 64.6 Å². The van der Waals surface area contributed by atoms with Crippen LogP contribution in [0.3, 0.4) is 0 Å². The van der Waals surface area contributed by atoms with Crippen LogP contribution in [0.1, 0.15) is 23.2 Å². The van der Waals surface area contributed by atoms with Crippen molar-refractivity contribution < 1.29 is 9.59 Å². The maximum absolute atomic E-state index is 13.2. The molecule has 0 aliphatic carbocycles. The molecule has 2 atom stereocenters. The average molecular weight is 476 g/mol. The molecule has 1 aliphatic rings. The number of para-hydroxylation sites is 1. The van der Waals surface area contributed by atoms with Crippen molar-refractivity contribution in [3.8, 4) is 0 Å². The fourth-order valence-corrected chi connectivity index (χ4v) is 4.38. The Morgan fingerprint density at radius 1 is 1.17 bits per heavy atom. The van der Waals surface area contributed by atoms with Gasteiger partial charge in [-0.2, -0.15) is 11.8 Å². The van der Waals surface area contributed by atoms with E-state index in [1.807, 2.05) is 59.7 Å². The van der Waals surface area contributed by atoms with Crippen LogP contribution in [0.4, 0.5) is 5.69 Å². The summed E-state index contributed by atoms with van der Waals surface area (Å²) in [6.07, 6.45) is 3.52. The van der Waals surface area contributed by atoms with Gasteiger partial charge in [0.05, 0.1) is 5.56 Å². The zero-order valence-electron chi connectivity index (χ0n) is 16.4. The van der Waals surface area contributed by atoms with E-state index in [0.29, 0.717) is 25.1 Å². The molecule has 0 spiro atoms. The molecule has 0 aromatic heterocycles. The molecule has 7 heteroatoms. The molecule has 2 unspecified atom stereocenters. The first kappa shape index (κ1) is 21.7. The number of anilines is 1. The van der Waals surface area contributed by atoms with E-state index in [2.05, 4.69) is 26.6 Å². The lowest BCUT2D eigenvalue weighted by Gasteiger charge is -2.25. The number of likely N-dealkylation sites (tertiary alicyclic amines) is 1. The summed E-state index contributed by atoms with van der Waals surface area (Å²) in [5.41, 5.74) is 1.60. The Kier molecular flexibility index (Phi) is 8.00. The largest absolute Gasteiger partial charge is 0.380 e. The minimum Gasteiger partial charge on any atom is -0.380 e. The van der Waals surface area contributed by atoms with Crippen molar-refractivity contribution >= 4 is 45.2 Å². The predicted molar refractivity (Wildman–Crippen MR) is 123 cm³/mol. The zero-order chi connectivity index (χ0) is 20.6. The molecule has 5 nitrogen and oxygen atoms in total. The van der Waals surface area contributed by atoms with Crippen LogP contribution in [0.15, 0.2) is 59.1 Å². The fourth-order valence-electron chi connectivity index (χ4n) is 3.44. The van der Waals surface area contributed by atoms with Gasteiger partial charge in [-0.1, -0.05) is 30.3 Å². The van der Waals surface area contributed by atoms with Crippen LogP contribution in [-0.4, -0.2) is 53.9 Å². The van der Waals surface area contributed by atoms with Crippen LogP contribution in [0.25, 0.3) is 0 Å². The highest BCUT2D eigenvalue weighted by atomic mass is 79.9. The Labute approximate surface area is 184 Å². The molecule has 154 valence electrons. The van der Waals surface area contributed by atoms with E-state index in [4.69, 9.17) is 0 Å². The molecule has 1 aliphatic heterocycles. The summed E-state index contributed by atoms with van der Waals surface area (Å²) in [4.78, 5) is 27.8. The third-order valence-corrected chi connectivity index (χ3v) is 6.31. The number of amides is 2. The number of nitrogens with zero attached hydrogens (tertiary/aromatic N) is 1. The Balaban J connectivity index is 1.63. The molecule has 2 aromatic carbocycles. The van der Waals surface area contributed by atoms with E-state index in [1.165, 1.54) is 0 Å². The van der Waals surface area contributed by atoms with Gasteiger partial charge in [0.1, 0.15) is 6.04 Å². The number of benzene rings is 2. The van der Waals surface area contributed by atoms with Gasteiger partial charge in [0.2, 0.25) is 5.91 Å². The second-order valence-corrected chi connectivity index (χ2v) is 8.91. The predicted octanol–water partition coefficient (Wildman–Crippen LogP) is 4.01. The summed E-state index contributed by atoms with van der Waals surface area (Å²) < 4.78 is 0.724. The van der Waals surface area contributed by atoms with Gasteiger partial charge in [-0.15, -0.1) is 0 Å². The van der Waals surface area contributed by atoms with Crippen LogP contribution >= 0.6 is 27.7 Å². The van der Waals surface area contributed by atoms with Crippen LogP contribution in [0, 0.1) is 0 Å². The van der Waals surface area contributed by atoms with Crippen molar-refractivity contribution in [2.45, 2.75) is 24.9 Å². The molecular formula is C22H26BrN3O2S. The van der Waals surface area contributed by atoms with E-state index in [-0.39, 0.29) is 17.9 Å². The number of nitrogens with one attached hydrogen (secondary N) is 2. The topological polar surface area (TPSA) is 61.4 Å². The summed E-state index contributed by atoms with van der Waals surface area (Å²) in [6.45, 7) is 1.35. The Morgan fingerprint density at radius 2 is 1.90 bits per heavy atom. The van der Waals surface area contributed by atoms with E-state index < -0.39 is 6.04 Å². The normalized spacial score (nSPS) is 17.0. The molecule has 0 bridgehead atoms. The number of rotatable bonds is 8. The Hall–Kier alpha value is -1.99. The maximum atomic E-state index is 13.2. The van der Waals surface area contributed by atoms with Crippen LogP contribution in [-0.2, 0) is 4.79 Å². The lowest BCUT2D eigenvalue weighted by Crippen LogP contribution is -2.48. The Bertz CT molecular complexity index is 834. The van der Waals surface area contributed by atoms with Crippen LogP contribution in [0.2, 0.25) is 0 Å². The first-order valence-electron chi connectivity index (χ1n) is 9.73. The molecule has 1 heterocycles. The van der Waals surface area contributed by atoms with Crippen LogP contribution in [0.5, 0.6) is 0 Å². The van der Waals surface area contributed by atoms with E-state index in [0.717, 1.165) is 22.3 Å². The standard InChI is InChI=1S/C22H26BrN3O2S/c1-29-14-12-20(25-21(27)18-9-5-6-10-19(18)23)22(28)26-13-11-17(15-26)24-16-7-3-2-4-8-16/h2-10,17,20,24H,11-15H2,1H3,(H,25,27). The second-order valence-electron chi connectivity index (χ2n) is 7.07. The van der Waals surface area contributed by atoms with Crippen molar-refractivity contribution in [2.24, 2.45) is 0 Å². The maximum Gasteiger partial charge on any atom is 0.253 e. The van der Waals surface area contributed by atoms with Gasteiger partial charge in [0.15, 0.2) is 0 Å². The lowest BCUT2D eigenvalue weighted by atomic mass is 10.1. The quantitative estimate of drug-likeness (QED) is 0.605. The zero-order valence-corrected chi connectivity index (χ0v) is 18.8. The minimum atomic E-state index is -0.516. The summed E-state index contributed by atoms with van der Waals surface area (Å²) >= 11 is 5.09. The molecule has 29 heavy (non-hydrogen) atoms. The van der Waals surface area contributed by atoms with E-state index >= 15 is 0 Å². The molecule has 2 N–H and O–H groups in total. The molecule has 2 aromatic rings. The minimum absolute atomic E-state index is 0.00295. The van der Waals surface area contributed by atoms with Gasteiger partial charge < -0.3 is 15.5 Å². The number of hydrogen-bond acceptors (Lipinski definition) is 4. The summed E-state index contributed by atoms with van der Waals surface area (Å²) in [5.74, 6) is 0.582. The number of hydrogen-bond donors (Lipinski definition) is 2. The van der Waals surface area contributed by atoms with Gasteiger partial charge in [-0.25, -0.2) is 0 Å². The van der Waals surface area contributed by atoms with Crippen molar-refractivity contribution in [1.82, 2.24) is 10.2 Å². The lowest BCUT2D eigenvalue weighted by molar-refractivity contribution is -0.132.